The highest BCUT2D eigenvalue weighted by Gasteiger charge is 1.98. The molecular weight excluding hydrogens is 262 g/mol. The number of nitrogens with one attached hydrogen (secondary N) is 1. The molecule has 0 unspecified atom stereocenters. The van der Waals surface area contributed by atoms with E-state index < -0.39 is 0 Å². The summed E-state index contributed by atoms with van der Waals surface area (Å²) < 4.78 is 1.76. The molecule has 19 heavy (non-hydrogen) atoms. The Labute approximate surface area is 115 Å². The number of nitrogens with zero attached hydrogens (tertiary/aromatic N) is 2. The first kappa shape index (κ1) is 13.5. The van der Waals surface area contributed by atoms with Crippen LogP contribution in [0.2, 0.25) is 0 Å². The molecule has 2 heterocycles. The molecule has 1 amide bonds. The van der Waals surface area contributed by atoms with E-state index in [9.17, 15) is 4.79 Å². The van der Waals surface area contributed by atoms with Crippen LogP contribution in [0, 0.1) is 0 Å². The summed E-state index contributed by atoms with van der Waals surface area (Å²) in [7, 11) is 0. The summed E-state index contributed by atoms with van der Waals surface area (Å²) in [6.07, 6.45) is 6.80. The summed E-state index contributed by atoms with van der Waals surface area (Å²) in [6.45, 7) is 1.22. The average molecular weight is 277 g/mol. The second-order valence-electron chi connectivity index (χ2n) is 3.91. The first-order chi connectivity index (χ1) is 9.28. The van der Waals surface area contributed by atoms with E-state index >= 15 is 0 Å². The maximum absolute atomic E-state index is 11.5. The molecule has 100 valence electrons. The molecule has 0 fully saturated rings. The Hall–Kier alpha value is -1.92. The van der Waals surface area contributed by atoms with Gasteiger partial charge in [-0.05, 0) is 29.2 Å². The summed E-state index contributed by atoms with van der Waals surface area (Å²) in [5, 5.41) is 17.6. The van der Waals surface area contributed by atoms with E-state index in [4.69, 9.17) is 5.11 Å². The smallest absolute Gasteiger partial charge is 0.244 e. The highest BCUT2D eigenvalue weighted by Crippen LogP contribution is 2.15. The molecule has 2 aromatic rings. The quantitative estimate of drug-likeness (QED) is 0.781. The number of hydrogen-bond donors (Lipinski definition) is 2. The highest BCUT2D eigenvalue weighted by molar-refractivity contribution is 7.11. The number of amides is 1. The van der Waals surface area contributed by atoms with Gasteiger partial charge in [0.15, 0.2) is 0 Å². The van der Waals surface area contributed by atoms with Gasteiger partial charge in [-0.25, -0.2) is 0 Å². The van der Waals surface area contributed by atoms with Crippen molar-refractivity contribution < 1.29 is 9.90 Å². The molecule has 0 saturated heterocycles. The summed E-state index contributed by atoms with van der Waals surface area (Å²) in [5.74, 6) is -0.133. The molecule has 0 saturated carbocycles. The lowest BCUT2D eigenvalue weighted by Gasteiger charge is -2.02. The van der Waals surface area contributed by atoms with Crippen molar-refractivity contribution in [2.75, 3.05) is 6.54 Å². The van der Waals surface area contributed by atoms with Crippen LogP contribution in [0.25, 0.3) is 6.08 Å². The summed E-state index contributed by atoms with van der Waals surface area (Å²) in [5.41, 5.74) is 0.865. The molecule has 0 spiro atoms. The minimum atomic E-state index is -0.133. The van der Waals surface area contributed by atoms with E-state index in [0.717, 1.165) is 10.4 Å². The lowest BCUT2D eigenvalue weighted by Crippen LogP contribution is -2.25. The minimum absolute atomic E-state index is 0.0282. The first-order valence-electron chi connectivity index (χ1n) is 5.89. The molecule has 0 aliphatic heterocycles. The molecule has 0 aromatic carbocycles. The predicted molar refractivity (Wildman–Crippen MR) is 74.5 cm³/mol. The second-order valence-corrected chi connectivity index (χ2v) is 4.85. The molecule has 6 heteroatoms. The largest absolute Gasteiger partial charge is 0.392 e. The van der Waals surface area contributed by atoms with Crippen molar-refractivity contribution in [3.63, 3.8) is 0 Å². The van der Waals surface area contributed by atoms with Gasteiger partial charge in [0.05, 0.1) is 13.2 Å². The van der Waals surface area contributed by atoms with Crippen LogP contribution >= 0.6 is 11.3 Å². The Morgan fingerprint density at radius 2 is 2.47 bits per heavy atom. The molecule has 5 nitrogen and oxygen atoms in total. The third kappa shape index (κ3) is 4.35. The van der Waals surface area contributed by atoms with Gasteiger partial charge in [-0.1, -0.05) is 0 Å². The van der Waals surface area contributed by atoms with Gasteiger partial charge in [-0.15, -0.1) is 11.3 Å². The van der Waals surface area contributed by atoms with Crippen molar-refractivity contribution in [2.24, 2.45) is 0 Å². The van der Waals surface area contributed by atoms with E-state index in [1.165, 1.54) is 17.4 Å². The van der Waals surface area contributed by atoms with Crippen LogP contribution < -0.4 is 5.32 Å². The van der Waals surface area contributed by atoms with Crippen LogP contribution in [0.5, 0.6) is 0 Å². The summed E-state index contributed by atoms with van der Waals surface area (Å²) >= 11 is 1.50. The number of thiophene rings is 1. The third-order valence-electron chi connectivity index (χ3n) is 2.45. The minimum Gasteiger partial charge on any atom is -0.392 e. The number of carbonyl (C=O) groups excluding carboxylic acids is 1. The van der Waals surface area contributed by atoms with Gasteiger partial charge in [0.2, 0.25) is 5.91 Å². The lowest BCUT2D eigenvalue weighted by atomic mass is 10.3. The zero-order valence-corrected chi connectivity index (χ0v) is 11.1. The average Bonchev–Trinajstić information content (AvgIpc) is 3.07. The maximum atomic E-state index is 11.5. The van der Waals surface area contributed by atoms with Crippen molar-refractivity contribution in [1.82, 2.24) is 15.1 Å². The third-order valence-corrected chi connectivity index (χ3v) is 3.40. The number of rotatable bonds is 6. The Kier molecular flexibility index (Phi) is 4.88. The van der Waals surface area contributed by atoms with Crippen LogP contribution in [-0.2, 0) is 17.9 Å². The van der Waals surface area contributed by atoms with Crippen molar-refractivity contribution >= 4 is 23.3 Å². The predicted octanol–water partition coefficient (Wildman–Crippen LogP) is 1.27. The topological polar surface area (TPSA) is 67.2 Å². The SMILES string of the molecule is O=C(/C=C/c1cc(CO)cs1)NCCn1cccn1. The van der Waals surface area contributed by atoms with E-state index in [-0.39, 0.29) is 12.5 Å². The fourth-order valence-corrected chi connectivity index (χ4v) is 2.30. The van der Waals surface area contributed by atoms with Gasteiger partial charge >= 0.3 is 0 Å². The summed E-state index contributed by atoms with van der Waals surface area (Å²) in [4.78, 5) is 12.5. The Morgan fingerprint density at radius 1 is 1.58 bits per heavy atom. The van der Waals surface area contributed by atoms with E-state index in [1.807, 2.05) is 23.7 Å². The number of hydrogen-bond acceptors (Lipinski definition) is 4. The zero-order valence-electron chi connectivity index (χ0n) is 10.3. The molecule has 2 aromatic heterocycles. The monoisotopic (exact) mass is 277 g/mol. The summed E-state index contributed by atoms with van der Waals surface area (Å²) in [6, 6.07) is 3.70. The molecule has 2 N–H and O–H groups in total. The van der Waals surface area contributed by atoms with E-state index in [2.05, 4.69) is 10.4 Å². The molecule has 0 aliphatic carbocycles. The van der Waals surface area contributed by atoms with Crippen LogP contribution in [0.3, 0.4) is 0 Å². The number of aliphatic hydroxyl groups excluding tert-OH is 1. The molecular formula is C13H15N3O2S. The van der Waals surface area contributed by atoms with Crippen molar-refractivity contribution in [3.8, 4) is 0 Å². The zero-order chi connectivity index (χ0) is 13.5. The molecule has 0 atom stereocenters. The van der Waals surface area contributed by atoms with Gasteiger partial charge in [0.25, 0.3) is 0 Å². The first-order valence-corrected chi connectivity index (χ1v) is 6.77. The molecule has 0 bridgehead atoms. The van der Waals surface area contributed by atoms with E-state index in [1.54, 1.807) is 17.0 Å². The van der Waals surface area contributed by atoms with Gasteiger partial charge < -0.3 is 10.4 Å². The lowest BCUT2D eigenvalue weighted by molar-refractivity contribution is -0.116. The highest BCUT2D eigenvalue weighted by atomic mass is 32.1. The maximum Gasteiger partial charge on any atom is 0.244 e. The standard InChI is InChI=1S/C13H15N3O2S/c17-9-11-8-12(19-10-11)2-3-13(18)14-5-7-16-6-1-4-15-16/h1-4,6,8,10,17H,5,7,9H2,(H,14,18)/b3-2+. The Morgan fingerprint density at radius 3 is 3.16 bits per heavy atom. The van der Waals surface area contributed by atoms with Crippen LogP contribution in [-0.4, -0.2) is 27.3 Å². The fraction of sp³-hybridized carbons (Fsp3) is 0.231. The van der Waals surface area contributed by atoms with Crippen LogP contribution in [0.4, 0.5) is 0 Å². The molecule has 2 rings (SSSR count). The van der Waals surface area contributed by atoms with Crippen molar-refractivity contribution in [2.45, 2.75) is 13.2 Å². The van der Waals surface area contributed by atoms with Gasteiger partial charge in [-0.3, -0.25) is 9.48 Å². The Balaban J connectivity index is 1.74. The number of aromatic nitrogens is 2. The van der Waals surface area contributed by atoms with Gasteiger partial charge in [0, 0.05) is 29.9 Å². The van der Waals surface area contributed by atoms with Crippen molar-refractivity contribution in [1.29, 1.82) is 0 Å². The van der Waals surface area contributed by atoms with Crippen LogP contribution in [0.15, 0.2) is 36.0 Å². The fourth-order valence-electron chi connectivity index (χ4n) is 1.51. The number of carbonyl (C=O) groups is 1. The molecule has 0 radical (unpaired) electrons. The second kappa shape index (κ2) is 6.86. The van der Waals surface area contributed by atoms with Gasteiger partial charge in [-0.2, -0.15) is 5.10 Å². The Bertz CT molecular complexity index is 546. The number of aliphatic hydroxyl groups is 1. The van der Waals surface area contributed by atoms with Crippen molar-refractivity contribution in [3.05, 3.63) is 46.4 Å². The van der Waals surface area contributed by atoms with Crippen LogP contribution in [0.1, 0.15) is 10.4 Å². The van der Waals surface area contributed by atoms with Gasteiger partial charge in [0.1, 0.15) is 0 Å². The van der Waals surface area contributed by atoms with E-state index in [0.29, 0.717) is 13.1 Å². The molecule has 0 aliphatic rings. The normalized spacial score (nSPS) is 11.0.